The van der Waals surface area contributed by atoms with Crippen LogP contribution in [0.3, 0.4) is 0 Å². The second-order valence-corrected chi connectivity index (χ2v) is 4.06. The Morgan fingerprint density at radius 1 is 1.50 bits per heavy atom. The van der Waals surface area contributed by atoms with Crippen LogP contribution in [0.1, 0.15) is 27.2 Å². The third-order valence-corrected chi connectivity index (χ3v) is 2.83. The maximum Gasteiger partial charge on any atom is 0.0671 e. The first-order valence-corrected chi connectivity index (χ1v) is 5.44. The second kappa shape index (κ2) is 6.38. The predicted molar refractivity (Wildman–Crippen MR) is 59.5 cm³/mol. The molecule has 1 unspecified atom stereocenters. The third-order valence-electron chi connectivity index (χ3n) is 2.83. The summed E-state index contributed by atoms with van der Waals surface area (Å²) >= 11 is 0. The van der Waals surface area contributed by atoms with Gasteiger partial charge in [-0.3, -0.25) is 0 Å². The molecule has 2 atom stereocenters. The minimum Gasteiger partial charge on any atom is -0.396 e. The van der Waals surface area contributed by atoms with Crippen molar-refractivity contribution in [2.45, 2.75) is 33.3 Å². The monoisotopic (exact) mass is 203 g/mol. The van der Waals surface area contributed by atoms with Crippen LogP contribution in [0.4, 0.5) is 0 Å². The Morgan fingerprint density at radius 3 is 2.50 bits per heavy atom. The van der Waals surface area contributed by atoms with Crippen LogP contribution in [0.2, 0.25) is 0 Å². The van der Waals surface area contributed by atoms with E-state index in [1.165, 1.54) is 0 Å². The van der Waals surface area contributed by atoms with Crippen LogP contribution in [-0.2, 0) is 4.74 Å². The summed E-state index contributed by atoms with van der Waals surface area (Å²) in [7, 11) is 3.81. The van der Waals surface area contributed by atoms with Gasteiger partial charge in [-0.15, -0.1) is 0 Å². The van der Waals surface area contributed by atoms with Crippen molar-refractivity contribution < 1.29 is 9.84 Å². The van der Waals surface area contributed by atoms with Crippen LogP contribution in [0.25, 0.3) is 0 Å². The molecular formula is C11H25NO2. The average molecular weight is 203 g/mol. The Hall–Kier alpha value is -0.120. The van der Waals surface area contributed by atoms with Gasteiger partial charge in [0.15, 0.2) is 0 Å². The molecule has 1 aliphatic rings. The molecule has 0 amide bonds. The predicted octanol–water partition coefficient (Wildman–Crippen LogP) is 1.36. The first kappa shape index (κ1) is 13.9. The quantitative estimate of drug-likeness (QED) is 0.735. The van der Waals surface area contributed by atoms with Gasteiger partial charge in [0, 0.05) is 25.6 Å². The number of hydrogen-bond acceptors (Lipinski definition) is 3. The lowest BCUT2D eigenvalue weighted by Gasteiger charge is -2.43. The molecule has 0 aromatic heterocycles. The second-order valence-electron chi connectivity index (χ2n) is 4.06. The van der Waals surface area contributed by atoms with E-state index in [4.69, 9.17) is 4.74 Å². The zero-order valence-corrected chi connectivity index (χ0v) is 10.2. The van der Waals surface area contributed by atoms with Crippen molar-refractivity contribution in [3.05, 3.63) is 0 Å². The summed E-state index contributed by atoms with van der Waals surface area (Å²) in [6, 6.07) is 0. The van der Waals surface area contributed by atoms with E-state index < -0.39 is 0 Å². The van der Waals surface area contributed by atoms with Crippen molar-refractivity contribution in [2.24, 2.45) is 5.41 Å². The van der Waals surface area contributed by atoms with Gasteiger partial charge in [-0.2, -0.15) is 0 Å². The van der Waals surface area contributed by atoms with Gasteiger partial charge >= 0.3 is 0 Å². The zero-order chi connectivity index (χ0) is 11.2. The molecule has 1 saturated heterocycles. The number of rotatable bonds is 2. The van der Waals surface area contributed by atoms with Crippen molar-refractivity contribution >= 4 is 0 Å². The third kappa shape index (κ3) is 3.23. The first-order valence-electron chi connectivity index (χ1n) is 5.44. The molecule has 1 N–H and O–H groups in total. The summed E-state index contributed by atoms with van der Waals surface area (Å²) < 4.78 is 5.36. The number of piperidine rings is 1. The van der Waals surface area contributed by atoms with E-state index in [1.807, 2.05) is 13.8 Å². The molecule has 0 aromatic rings. The summed E-state index contributed by atoms with van der Waals surface area (Å²) in [6.07, 6.45) is 1.23. The lowest BCUT2D eigenvalue weighted by molar-refractivity contribution is -0.0790. The topological polar surface area (TPSA) is 32.7 Å². The lowest BCUT2D eigenvalue weighted by atomic mass is 9.80. The molecule has 0 aromatic carbocycles. The number of aliphatic hydroxyl groups is 1. The molecule has 86 valence electrons. The van der Waals surface area contributed by atoms with Gasteiger partial charge in [-0.1, -0.05) is 20.8 Å². The molecule has 0 bridgehead atoms. The number of methoxy groups -OCH3 is 1. The van der Waals surface area contributed by atoms with Crippen molar-refractivity contribution in [3.63, 3.8) is 0 Å². The fourth-order valence-corrected chi connectivity index (χ4v) is 2.04. The molecule has 0 spiro atoms. The number of ether oxygens (including phenoxy) is 1. The highest BCUT2D eigenvalue weighted by Gasteiger charge is 2.38. The highest BCUT2D eigenvalue weighted by molar-refractivity contribution is 4.89. The molecule has 3 nitrogen and oxygen atoms in total. The summed E-state index contributed by atoms with van der Waals surface area (Å²) in [5, 5.41) is 9.26. The summed E-state index contributed by atoms with van der Waals surface area (Å²) in [5.41, 5.74) is -0.0816. The number of hydrogen-bond donors (Lipinski definition) is 1. The van der Waals surface area contributed by atoms with Crippen molar-refractivity contribution in [1.29, 1.82) is 0 Å². The van der Waals surface area contributed by atoms with E-state index >= 15 is 0 Å². The summed E-state index contributed by atoms with van der Waals surface area (Å²) in [6.45, 7) is 8.27. The Balaban J connectivity index is 0.000000791. The van der Waals surface area contributed by atoms with Gasteiger partial charge in [0.1, 0.15) is 0 Å². The molecule has 0 radical (unpaired) electrons. The Bertz CT molecular complexity index is 152. The molecule has 3 heteroatoms. The van der Waals surface area contributed by atoms with E-state index in [9.17, 15) is 5.11 Å². The highest BCUT2D eigenvalue weighted by Crippen LogP contribution is 2.30. The Labute approximate surface area is 88.1 Å². The Morgan fingerprint density at radius 2 is 2.07 bits per heavy atom. The smallest absolute Gasteiger partial charge is 0.0671 e. The molecule has 0 aliphatic carbocycles. The molecule has 1 rings (SSSR count). The molecule has 0 saturated carbocycles. The summed E-state index contributed by atoms with van der Waals surface area (Å²) in [4.78, 5) is 2.24. The van der Waals surface area contributed by atoms with Crippen LogP contribution in [0.15, 0.2) is 0 Å². The van der Waals surface area contributed by atoms with Gasteiger partial charge in [0.05, 0.1) is 12.7 Å². The fourth-order valence-electron chi connectivity index (χ4n) is 2.04. The fraction of sp³-hybridized carbons (Fsp3) is 1.00. The molecule has 1 fully saturated rings. The van der Waals surface area contributed by atoms with E-state index in [0.29, 0.717) is 0 Å². The molecule has 1 aliphatic heterocycles. The van der Waals surface area contributed by atoms with Crippen molar-refractivity contribution in [3.8, 4) is 0 Å². The van der Waals surface area contributed by atoms with Gasteiger partial charge in [0.2, 0.25) is 0 Å². The minimum atomic E-state index is -0.0816. The molecular weight excluding hydrogens is 178 g/mol. The largest absolute Gasteiger partial charge is 0.396 e. The van der Waals surface area contributed by atoms with Gasteiger partial charge in [-0.05, 0) is 13.5 Å². The van der Waals surface area contributed by atoms with E-state index in [-0.39, 0.29) is 18.1 Å². The maximum atomic E-state index is 9.26. The van der Waals surface area contributed by atoms with Crippen LogP contribution in [0, 0.1) is 5.41 Å². The average Bonchev–Trinajstić information content (AvgIpc) is 2.21. The molecule has 14 heavy (non-hydrogen) atoms. The van der Waals surface area contributed by atoms with Gasteiger partial charge in [0.25, 0.3) is 0 Å². The molecule has 1 heterocycles. The standard InChI is InChI=1S/C9H19NO2.C2H6/c1-9(7-11)6-10(2)5-4-8(9)12-3;1-2/h8,11H,4-7H2,1-3H3;1-2H3/t8?,9-;/m1./s1. The number of aliphatic hydroxyl groups excluding tert-OH is 1. The van der Waals surface area contributed by atoms with E-state index in [1.54, 1.807) is 7.11 Å². The van der Waals surface area contributed by atoms with Crippen molar-refractivity contribution in [1.82, 2.24) is 4.90 Å². The SMILES string of the molecule is CC.COC1CCN(C)C[C@]1(C)CO. The highest BCUT2D eigenvalue weighted by atomic mass is 16.5. The van der Waals surface area contributed by atoms with Crippen molar-refractivity contribution in [2.75, 3.05) is 33.9 Å². The minimum absolute atomic E-state index is 0.0816. The number of likely N-dealkylation sites (tertiary alicyclic amines) is 1. The first-order chi connectivity index (χ1) is 6.62. The number of nitrogens with zero attached hydrogens (tertiary/aromatic N) is 1. The normalized spacial score (nSPS) is 33.4. The van der Waals surface area contributed by atoms with Crippen LogP contribution >= 0.6 is 0 Å². The lowest BCUT2D eigenvalue weighted by Crippen LogP contribution is -2.51. The van der Waals surface area contributed by atoms with E-state index in [2.05, 4.69) is 18.9 Å². The van der Waals surface area contributed by atoms with Crippen LogP contribution < -0.4 is 0 Å². The van der Waals surface area contributed by atoms with Gasteiger partial charge < -0.3 is 14.7 Å². The zero-order valence-electron chi connectivity index (χ0n) is 10.2. The maximum absolute atomic E-state index is 9.26. The van der Waals surface area contributed by atoms with Crippen LogP contribution in [-0.4, -0.2) is 50.0 Å². The Kier molecular flexibility index (Phi) is 6.33. The summed E-state index contributed by atoms with van der Waals surface area (Å²) in [5.74, 6) is 0. The van der Waals surface area contributed by atoms with E-state index in [0.717, 1.165) is 19.5 Å². The van der Waals surface area contributed by atoms with Crippen LogP contribution in [0.5, 0.6) is 0 Å². The van der Waals surface area contributed by atoms with Gasteiger partial charge in [-0.25, -0.2) is 0 Å².